The zero-order valence-corrected chi connectivity index (χ0v) is 21.8. The molecule has 1 atom stereocenters. The van der Waals surface area contributed by atoms with E-state index in [-0.39, 0.29) is 5.82 Å². The number of nitrogens with one attached hydrogen (secondary N) is 1. The highest BCUT2D eigenvalue weighted by Gasteiger charge is 2.26. The van der Waals surface area contributed by atoms with Crippen LogP contribution >= 0.6 is 11.6 Å². The highest BCUT2D eigenvalue weighted by Crippen LogP contribution is 2.25. The lowest BCUT2D eigenvalue weighted by Crippen LogP contribution is -2.45. The summed E-state index contributed by atoms with van der Waals surface area (Å²) >= 11 is 5.95. The summed E-state index contributed by atoms with van der Waals surface area (Å²) in [5.74, 6) is 1.28. The second-order valence-corrected chi connectivity index (χ2v) is 9.81. The van der Waals surface area contributed by atoms with Crippen LogP contribution in [0.25, 0.3) is 0 Å². The smallest absolute Gasteiger partial charge is 0.127 e. The van der Waals surface area contributed by atoms with E-state index in [9.17, 15) is 4.39 Å². The number of aliphatic imine (C=N–C) groups is 2. The lowest BCUT2D eigenvalue weighted by Gasteiger charge is -2.42. The molecule has 1 aliphatic heterocycles. The lowest BCUT2D eigenvalue weighted by molar-refractivity contribution is 0.137. The monoisotopic (exact) mass is 488 g/mol. The minimum absolute atomic E-state index is 0.102. The van der Waals surface area contributed by atoms with Crippen LogP contribution in [0.2, 0.25) is 0 Å². The van der Waals surface area contributed by atoms with E-state index in [0.29, 0.717) is 17.4 Å². The van der Waals surface area contributed by atoms with Crippen LogP contribution in [0, 0.1) is 17.7 Å². The topological polar surface area (TPSA) is 40.0 Å². The van der Waals surface area contributed by atoms with Crippen molar-refractivity contribution >= 4 is 24.5 Å². The van der Waals surface area contributed by atoms with Gasteiger partial charge in [0, 0.05) is 44.2 Å². The number of rotatable bonds is 17. The average Bonchev–Trinajstić information content (AvgIpc) is 2.78. The molecular weight excluding hydrogens is 447 g/mol. The largest absolute Gasteiger partial charge is 0.374 e. The van der Waals surface area contributed by atoms with Crippen molar-refractivity contribution in [2.75, 3.05) is 33.2 Å². The van der Waals surface area contributed by atoms with E-state index in [0.717, 1.165) is 87.4 Å². The van der Waals surface area contributed by atoms with Crippen molar-refractivity contribution in [2.24, 2.45) is 21.8 Å². The molecule has 1 aromatic carbocycles. The SMILES string of the molecule is C=N/C=C(Cl)\C=N/CCC(CCCCc1ccc(CC(=C)N2CC(CC)C2)c(F)c1)CCNC. The minimum atomic E-state index is -0.102. The van der Waals surface area contributed by atoms with Crippen molar-refractivity contribution < 1.29 is 4.39 Å². The van der Waals surface area contributed by atoms with Crippen molar-refractivity contribution in [3.63, 3.8) is 0 Å². The fourth-order valence-electron chi connectivity index (χ4n) is 4.38. The molecule has 6 heteroatoms. The standard InChI is InChI=1S/C28H42ClFN4/c1-5-23-20-34(21-23)22(2)16-26-11-10-25(17-28(26)30)9-7-6-8-24(12-14-31-3)13-15-33-19-27(29)18-32-4/h10-11,17-19,23-24,31H,2,4-9,12-16,20-21H2,1,3H3/b27-18+,33-19-. The molecule has 4 nitrogen and oxygen atoms in total. The van der Waals surface area contributed by atoms with Crippen molar-refractivity contribution in [2.45, 2.75) is 58.3 Å². The third-order valence-corrected chi connectivity index (χ3v) is 6.91. The first-order chi connectivity index (χ1) is 16.5. The zero-order valence-electron chi connectivity index (χ0n) is 21.0. The number of hydrogen-bond donors (Lipinski definition) is 1. The van der Waals surface area contributed by atoms with Gasteiger partial charge >= 0.3 is 0 Å². The van der Waals surface area contributed by atoms with Crippen LogP contribution in [-0.4, -0.2) is 51.1 Å². The molecule has 0 aromatic heterocycles. The summed E-state index contributed by atoms with van der Waals surface area (Å²) < 4.78 is 14.7. The average molecular weight is 489 g/mol. The summed E-state index contributed by atoms with van der Waals surface area (Å²) in [4.78, 5) is 10.3. The minimum Gasteiger partial charge on any atom is -0.374 e. The van der Waals surface area contributed by atoms with E-state index in [1.54, 1.807) is 12.3 Å². The van der Waals surface area contributed by atoms with Gasteiger partial charge in [-0.1, -0.05) is 50.1 Å². The first-order valence-electron chi connectivity index (χ1n) is 12.6. The Morgan fingerprint density at radius 2 is 2.09 bits per heavy atom. The van der Waals surface area contributed by atoms with Gasteiger partial charge in [0.05, 0.1) is 5.03 Å². The molecule has 1 fully saturated rings. The van der Waals surface area contributed by atoms with Gasteiger partial charge in [-0.25, -0.2) is 4.39 Å². The highest BCUT2D eigenvalue weighted by atomic mass is 35.5. The van der Waals surface area contributed by atoms with E-state index in [1.807, 2.05) is 13.1 Å². The Morgan fingerprint density at radius 3 is 2.76 bits per heavy atom. The molecular formula is C28H42ClFN4. The van der Waals surface area contributed by atoms with Crippen molar-refractivity contribution in [3.8, 4) is 0 Å². The first kappa shape index (κ1) is 28.3. The molecule has 0 saturated carbocycles. The number of allylic oxidation sites excluding steroid dienone is 2. The van der Waals surface area contributed by atoms with Gasteiger partial charge in [0.1, 0.15) is 5.82 Å². The van der Waals surface area contributed by atoms with Gasteiger partial charge in [-0.2, -0.15) is 0 Å². The predicted octanol–water partition coefficient (Wildman–Crippen LogP) is 6.40. The molecule has 1 unspecified atom stereocenters. The molecule has 34 heavy (non-hydrogen) atoms. The Morgan fingerprint density at radius 1 is 1.29 bits per heavy atom. The molecule has 0 amide bonds. The summed E-state index contributed by atoms with van der Waals surface area (Å²) in [6.07, 6.45) is 11.4. The predicted molar refractivity (Wildman–Crippen MR) is 146 cm³/mol. The molecule has 1 heterocycles. The number of halogens is 2. The van der Waals surface area contributed by atoms with Crippen molar-refractivity contribution in [1.29, 1.82) is 0 Å². The van der Waals surface area contributed by atoms with E-state index in [1.165, 1.54) is 12.6 Å². The van der Waals surface area contributed by atoms with E-state index in [2.05, 4.69) is 46.5 Å². The number of aryl methyl sites for hydroxylation is 1. The fourth-order valence-corrected chi connectivity index (χ4v) is 4.52. The molecule has 1 aromatic rings. The maximum absolute atomic E-state index is 14.7. The van der Waals surface area contributed by atoms with Crippen LogP contribution in [0.4, 0.5) is 4.39 Å². The van der Waals surface area contributed by atoms with Crippen LogP contribution < -0.4 is 5.32 Å². The number of hydrogen-bond acceptors (Lipinski definition) is 4. The fraction of sp³-hybridized carbons (Fsp3) is 0.571. The number of likely N-dealkylation sites (tertiary alicyclic amines) is 1. The maximum atomic E-state index is 14.7. The first-order valence-corrected chi connectivity index (χ1v) is 13.0. The maximum Gasteiger partial charge on any atom is 0.127 e. The molecule has 1 N–H and O–H groups in total. The number of unbranched alkanes of at least 4 members (excludes halogenated alkanes) is 1. The van der Waals surface area contributed by atoms with Crippen LogP contribution in [0.15, 0.2) is 51.7 Å². The second-order valence-electron chi connectivity index (χ2n) is 9.37. The van der Waals surface area contributed by atoms with Gasteiger partial charge in [-0.3, -0.25) is 9.98 Å². The normalized spacial score (nSPS) is 15.5. The summed E-state index contributed by atoms with van der Waals surface area (Å²) in [6.45, 7) is 13.7. The van der Waals surface area contributed by atoms with E-state index in [4.69, 9.17) is 11.6 Å². The van der Waals surface area contributed by atoms with Crippen LogP contribution in [0.1, 0.15) is 56.6 Å². The summed E-state index contributed by atoms with van der Waals surface area (Å²) in [5, 5.41) is 3.74. The molecule has 0 spiro atoms. The molecule has 2 rings (SSSR count). The Labute approximate surface area is 211 Å². The van der Waals surface area contributed by atoms with Gasteiger partial charge < -0.3 is 10.2 Å². The third kappa shape index (κ3) is 10.1. The summed E-state index contributed by atoms with van der Waals surface area (Å²) in [6, 6.07) is 5.75. The van der Waals surface area contributed by atoms with Gasteiger partial charge in [-0.05, 0) is 81.4 Å². The molecule has 1 saturated heterocycles. The number of benzene rings is 1. The van der Waals surface area contributed by atoms with E-state index >= 15 is 0 Å². The quantitative estimate of drug-likeness (QED) is 0.203. The third-order valence-electron chi connectivity index (χ3n) is 6.72. The van der Waals surface area contributed by atoms with Crippen LogP contribution in [0.3, 0.4) is 0 Å². The van der Waals surface area contributed by atoms with Gasteiger partial charge in [0.2, 0.25) is 0 Å². The summed E-state index contributed by atoms with van der Waals surface area (Å²) in [7, 11) is 1.99. The Bertz CT molecular complexity index is 830. The Kier molecular flexibility index (Phi) is 13.2. The lowest BCUT2D eigenvalue weighted by atomic mass is 9.93. The highest BCUT2D eigenvalue weighted by molar-refractivity contribution is 6.39. The molecule has 0 aliphatic carbocycles. The van der Waals surface area contributed by atoms with Gasteiger partial charge in [0.25, 0.3) is 0 Å². The van der Waals surface area contributed by atoms with Crippen molar-refractivity contribution in [1.82, 2.24) is 10.2 Å². The van der Waals surface area contributed by atoms with Gasteiger partial charge in [0.15, 0.2) is 0 Å². The molecule has 188 valence electrons. The van der Waals surface area contributed by atoms with Crippen LogP contribution in [0.5, 0.6) is 0 Å². The Balaban J connectivity index is 1.73. The van der Waals surface area contributed by atoms with Crippen LogP contribution in [-0.2, 0) is 12.8 Å². The Hall–Kier alpha value is -1.98. The molecule has 0 radical (unpaired) electrons. The number of nitrogens with zero attached hydrogens (tertiary/aromatic N) is 3. The van der Waals surface area contributed by atoms with E-state index < -0.39 is 0 Å². The molecule has 1 aliphatic rings. The molecule has 0 bridgehead atoms. The summed E-state index contributed by atoms with van der Waals surface area (Å²) in [5.41, 5.74) is 2.86. The second kappa shape index (κ2) is 15.8. The van der Waals surface area contributed by atoms with Gasteiger partial charge in [-0.15, -0.1) is 0 Å². The van der Waals surface area contributed by atoms with Crippen molar-refractivity contribution in [3.05, 3.63) is 58.7 Å². The zero-order chi connectivity index (χ0) is 24.8.